The van der Waals surface area contributed by atoms with E-state index in [-0.39, 0.29) is 12.5 Å². The average Bonchev–Trinajstić information content (AvgIpc) is 3.02. The Kier molecular flexibility index (Phi) is 5.13. The predicted octanol–water partition coefficient (Wildman–Crippen LogP) is 2.47. The Morgan fingerprint density at radius 1 is 1.42 bits per heavy atom. The lowest BCUT2D eigenvalue weighted by Crippen LogP contribution is -2.27. The standard InChI is InChI=1S/C18H25N5O/c1-13-5-4-8-20-18(13)14-6-3-7-15(9-14)22-16-10-21-23(11-16)12-17(24)19-2/h4-5,8,10-11,14-15,22H,3,6-7,9,12H2,1-2H3,(H,19,24)/t14-,15-/m1/s1. The number of hydrogen-bond donors (Lipinski definition) is 2. The van der Waals surface area contributed by atoms with Gasteiger partial charge in [0.2, 0.25) is 5.91 Å². The molecule has 2 aromatic rings. The highest BCUT2D eigenvalue weighted by molar-refractivity contribution is 5.75. The van der Waals surface area contributed by atoms with Crippen molar-refractivity contribution >= 4 is 11.6 Å². The number of nitrogens with one attached hydrogen (secondary N) is 2. The lowest BCUT2D eigenvalue weighted by Gasteiger charge is -2.30. The van der Waals surface area contributed by atoms with Gasteiger partial charge in [0.1, 0.15) is 6.54 Å². The molecule has 128 valence electrons. The van der Waals surface area contributed by atoms with Crippen LogP contribution in [0.15, 0.2) is 30.7 Å². The van der Waals surface area contributed by atoms with Crippen LogP contribution in [0.25, 0.3) is 0 Å². The summed E-state index contributed by atoms with van der Waals surface area (Å²) in [5.41, 5.74) is 3.49. The quantitative estimate of drug-likeness (QED) is 0.885. The zero-order valence-corrected chi connectivity index (χ0v) is 14.3. The van der Waals surface area contributed by atoms with Gasteiger partial charge < -0.3 is 10.6 Å². The molecule has 2 N–H and O–H groups in total. The zero-order valence-electron chi connectivity index (χ0n) is 14.3. The fourth-order valence-electron chi connectivity index (χ4n) is 3.48. The maximum absolute atomic E-state index is 11.4. The van der Waals surface area contributed by atoms with Crippen molar-refractivity contribution in [3.8, 4) is 0 Å². The van der Waals surface area contributed by atoms with E-state index in [2.05, 4.69) is 33.7 Å². The van der Waals surface area contributed by atoms with Crippen LogP contribution in [-0.4, -0.2) is 33.8 Å². The van der Waals surface area contributed by atoms with E-state index < -0.39 is 0 Å². The lowest BCUT2D eigenvalue weighted by atomic mass is 9.82. The summed E-state index contributed by atoms with van der Waals surface area (Å²) in [7, 11) is 1.63. The molecule has 2 atom stereocenters. The van der Waals surface area contributed by atoms with E-state index in [0.717, 1.165) is 18.5 Å². The van der Waals surface area contributed by atoms with E-state index in [9.17, 15) is 4.79 Å². The van der Waals surface area contributed by atoms with Gasteiger partial charge in [-0.3, -0.25) is 14.5 Å². The fourth-order valence-corrected chi connectivity index (χ4v) is 3.48. The molecule has 2 aromatic heterocycles. The van der Waals surface area contributed by atoms with Crippen molar-refractivity contribution in [2.75, 3.05) is 12.4 Å². The Bertz CT molecular complexity index is 696. The number of nitrogens with zero attached hydrogens (tertiary/aromatic N) is 3. The van der Waals surface area contributed by atoms with Crippen LogP contribution in [0.3, 0.4) is 0 Å². The normalized spacial score (nSPS) is 20.6. The molecule has 0 aromatic carbocycles. The number of aryl methyl sites for hydroxylation is 1. The van der Waals surface area contributed by atoms with Crippen LogP contribution in [-0.2, 0) is 11.3 Å². The van der Waals surface area contributed by atoms with Crippen LogP contribution in [0.2, 0.25) is 0 Å². The van der Waals surface area contributed by atoms with E-state index in [4.69, 9.17) is 0 Å². The molecular weight excluding hydrogens is 302 g/mol. The third kappa shape index (κ3) is 3.93. The van der Waals surface area contributed by atoms with Crippen molar-refractivity contribution in [2.45, 2.75) is 51.1 Å². The van der Waals surface area contributed by atoms with Gasteiger partial charge in [0.25, 0.3) is 0 Å². The first-order valence-electron chi connectivity index (χ1n) is 8.57. The van der Waals surface area contributed by atoms with Gasteiger partial charge in [0, 0.05) is 37.1 Å². The van der Waals surface area contributed by atoms with E-state index in [0.29, 0.717) is 12.0 Å². The molecule has 3 rings (SSSR count). The lowest BCUT2D eigenvalue weighted by molar-refractivity contribution is -0.121. The SMILES string of the molecule is CNC(=O)Cn1cc(N[C@@H]2CCC[C@@H](c3ncccc3C)C2)cn1. The summed E-state index contributed by atoms with van der Waals surface area (Å²) in [6, 6.07) is 4.56. The van der Waals surface area contributed by atoms with Crippen LogP contribution < -0.4 is 10.6 Å². The number of pyridine rings is 1. The number of anilines is 1. The smallest absolute Gasteiger partial charge is 0.241 e. The Morgan fingerprint density at radius 2 is 2.29 bits per heavy atom. The largest absolute Gasteiger partial charge is 0.380 e. The summed E-state index contributed by atoms with van der Waals surface area (Å²) in [4.78, 5) is 16.0. The van der Waals surface area contributed by atoms with E-state index in [1.165, 1.54) is 24.1 Å². The number of likely N-dealkylation sites (N-methyl/N-ethyl adjacent to an activating group) is 1. The molecule has 6 nitrogen and oxygen atoms in total. The first-order chi connectivity index (χ1) is 11.7. The maximum Gasteiger partial charge on any atom is 0.241 e. The summed E-state index contributed by atoms with van der Waals surface area (Å²) in [6.45, 7) is 2.39. The minimum Gasteiger partial charge on any atom is -0.380 e. The molecule has 0 saturated heterocycles. The third-order valence-electron chi connectivity index (χ3n) is 4.70. The van der Waals surface area contributed by atoms with Crippen LogP contribution in [0.1, 0.15) is 42.9 Å². The maximum atomic E-state index is 11.4. The Morgan fingerprint density at radius 3 is 3.08 bits per heavy atom. The average molecular weight is 327 g/mol. The van der Waals surface area contributed by atoms with Gasteiger partial charge in [-0.1, -0.05) is 12.5 Å². The second kappa shape index (κ2) is 7.47. The molecule has 0 spiro atoms. The van der Waals surface area contributed by atoms with Gasteiger partial charge in [-0.2, -0.15) is 5.10 Å². The summed E-state index contributed by atoms with van der Waals surface area (Å²) in [5, 5.41) is 10.4. The van der Waals surface area contributed by atoms with Gasteiger partial charge in [-0.15, -0.1) is 0 Å². The highest BCUT2D eigenvalue weighted by atomic mass is 16.1. The van der Waals surface area contributed by atoms with Gasteiger partial charge in [0.05, 0.1) is 11.9 Å². The van der Waals surface area contributed by atoms with Crippen molar-refractivity contribution in [1.82, 2.24) is 20.1 Å². The molecule has 2 heterocycles. The van der Waals surface area contributed by atoms with Gasteiger partial charge in [-0.05, 0) is 37.8 Å². The molecule has 24 heavy (non-hydrogen) atoms. The molecule has 0 radical (unpaired) electrons. The number of carbonyl (C=O) groups is 1. The summed E-state index contributed by atoms with van der Waals surface area (Å²) >= 11 is 0. The summed E-state index contributed by atoms with van der Waals surface area (Å²) in [5.74, 6) is 0.464. The molecular formula is C18H25N5O. The van der Waals surface area contributed by atoms with Gasteiger partial charge >= 0.3 is 0 Å². The Labute approximate surface area is 142 Å². The molecule has 1 amide bonds. The minimum absolute atomic E-state index is 0.0481. The predicted molar refractivity (Wildman–Crippen MR) is 93.9 cm³/mol. The van der Waals surface area contributed by atoms with Crippen molar-refractivity contribution in [1.29, 1.82) is 0 Å². The number of aromatic nitrogens is 3. The molecule has 1 aliphatic rings. The Hall–Kier alpha value is -2.37. The monoisotopic (exact) mass is 327 g/mol. The van der Waals surface area contributed by atoms with Crippen molar-refractivity contribution < 1.29 is 4.79 Å². The van der Waals surface area contributed by atoms with Crippen molar-refractivity contribution in [3.63, 3.8) is 0 Å². The summed E-state index contributed by atoms with van der Waals surface area (Å²) < 4.78 is 1.66. The van der Waals surface area contributed by atoms with Crippen molar-refractivity contribution in [2.24, 2.45) is 0 Å². The number of amides is 1. The van der Waals surface area contributed by atoms with E-state index in [1.807, 2.05) is 18.5 Å². The number of rotatable bonds is 5. The topological polar surface area (TPSA) is 71.8 Å². The fraction of sp³-hybridized carbons (Fsp3) is 0.500. The van der Waals surface area contributed by atoms with E-state index >= 15 is 0 Å². The van der Waals surface area contributed by atoms with E-state index in [1.54, 1.807) is 17.9 Å². The third-order valence-corrected chi connectivity index (χ3v) is 4.70. The number of hydrogen-bond acceptors (Lipinski definition) is 4. The molecule has 1 aliphatic carbocycles. The highest BCUT2D eigenvalue weighted by Crippen LogP contribution is 2.34. The van der Waals surface area contributed by atoms with Gasteiger partial charge in [-0.25, -0.2) is 0 Å². The van der Waals surface area contributed by atoms with Crippen molar-refractivity contribution in [3.05, 3.63) is 42.0 Å². The molecule has 1 saturated carbocycles. The number of carbonyl (C=O) groups excluding carboxylic acids is 1. The molecule has 0 unspecified atom stereocenters. The van der Waals surface area contributed by atoms with Gasteiger partial charge in [0.15, 0.2) is 0 Å². The van der Waals surface area contributed by atoms with Crippen LogP contribution in [0.5, 0.6) is 0 Å². The van der Waals surface area contributed by atoms with Crippen LogP contribution in [0.4, 0.5) is 5.69 Å². The summed E-state index contributed by atoms with van der Waals surface area (Å²) in [6.07, 6.45) is 10.2. The first kappa shape index (κ1) is 16.5. The molecule has 0 bridgehead atoms. The molecule has 1 fully saturated rings. The second-order valence-electron chi connectivity index (χ2n) is 6.51. The first-order valence-corrected chi connectivity index (χ1v) is 8.57. The highest BCUT2D eigenvalue weighted by Gasteiger charge is 2.25. The zero-order chi connectivity index (χ0) is 16.9. The minimum atomic E-state index is -0.0481. The second-order valence-corrected chi connectivity index (χ2v) is 6.51. The Balaban J connectivity index is 1.61. The van der Waals surface area contributed by atoms with Crippen LogP contribution in [0, 0.1) is 6.92 Å². The van der Waals surface area contributed by atoms with Crippen LogP contribution >= 0.6 is 0 Å². The molecule has 6 heteroatoms. The molecule has 0 aliphatic heterocycles.